The molecule has 0 fully saturated rings. The fourth-order valence-electron chi connectivity index (χ4n) is 4.23. The zero-order chi connectivity index (χ0) is 24.2. The summed E-state index contributed by atoms with van der Waals surface area (Å²) in [5, 5.41) is 20.0. The van der Waals surface area contributed by atoms with Crippen molar-refractivity contribution >= 4 is 17.3 Å². The first-order chi connectivity index (χ1) is 16.4. The monoisotopic (exact) mass is 476 g/mol. The molecule has 2 aromatic carbocycles. The smallest absolute Gasteiger partial charge is 0.306 e. The molecule has 1 aliphatic heterocycles. The van der Waals surface area contributed by atoms with Gasteiger partial charge in [-0.3, -0.25) is 9.69 Å². The lowest BCUT2D eigenvalue weighted by Crippen LogP contribution is -2.33. The number of hydrogen-bond acceptors (Lipinski definition) is 8. The van der Waals surface area contributed by atoms with Gasteiger partial charge in [-0.05, 0) is 62.1 Å². The molecule has 0 saturated heterocycles. The molecule has 2 heterocycles. The Bertz CT molecular complexity index is 1250. The summed E-state index contributed by atoms with van der Waals surface area (Å²) in [5.41, 5.74) is 6.31. The summed E-state index contributed by atoms with van der Waals surface area (Å²) in [7, 11) is 1.43. The Morgan fingerprint density at radius 2 is 2.03 bits per heavy atom. The van der Waals surface area contributed by atoms with E-state index in [1.807, 2.05) is 32.0 Å². The van der Waals surface area contributed by atoms with Crippen LogP contribution in [0.2, 0.25) is 0 Å². The van der Waals surface area contributed by atoms with E-state index < -0.39 is 0 Å². The Kier molecular flexibility index (Phi) is 7.25. The Morgan fingerprint density at radius 3 is 2.76 bits per heavy atom. The van der Waals surface area contributed by atoms with E-state index in [1.54, 1.807) is 0 Å². The lowest BCUT2D eigenvalue weighted by molar-refractivity contribution is -0.141. The number of nitrogens with zero attached hydrogens (tertiary/aromatic N) is 4. The van der Waals surface area contributed by atoms with E-state index in [2.05, 4.69) is 40.2 Å². The van der Waals surface area contributed by atoms with E-state index in [1.165, 1.54) is 35.1 Å². The first kappa shape index (κ1) is 23.9. The minimum atomic E-state index is -0.173. The number of benzene rings is 2. The number of fused-ring (bicyclic) bond motifs is 1. The van der Waals surface area contributed by atoms with Crippen LogP contribution in [-0.4, -0.2) is 47.4 Å². The predicted molar refractivity (Wildman–Crippen MR) is 132 cm³/mol. The van der Waals surface area contributed by atoms with Crippen LogP contribution in [0, 0.1) is 18.3 Å². The molecular weight excluding hydrogens is 448 g/mol. The second kappa shape index (κ2) is 10.3. The summed E-state index contributed by atoms with van der Waals surface area (Å²) >= 11 is 1.52. The summed E-state index contributed by atoms with van der Waals surface area (Å²) in [5.74, 6) is 0.408. The molecule has 0 saturated carbocycles. The van der Waals surface area contributed by atoms with Crippen molar-refractivity contribution in [1.82, 2.24) is 15.1 Å². The molecule has 0 radical (unpaired) electrons. The van der Waals surface area contributed by atoms with Crippen LogP contribution < -0.4 is 4.74 Å². The topological polar surface area (TPSA) is 88.3 Å². The number of esters is 1. The van der Waals surface area contributed by atoms with Gasteiger partial charge in [0.1, 0.15) is 21.8 Å². The molecule has 0 N–H and O–H groups in total. The van der Waals surface area contributed by atoms with E-state index in [9.17, 15) is 10.1 Å². The maximum absolute atomic E-state index is 11.5. The number of ether oxygens (including phenoxy) is 2. The van der Waals surface area contributed by atoms with Crippen molar-refractivity contribution in [2.24, 2.45) is 0 Å². The SMILES string of the molecule is COC(=O)CCN1CCc2c(ccc(-c3nnc(-c4ccc(OC(C)C)c(C#N)c4)s3)c2C)C1. The minimum Gasteiger partial charge on any atom is -0.490 e. The van der Waals surface area contributed by atoms with Crippen LogP contribution in [0.5, 0.6) is 5.75 Å². The molecule has 0 amide bonds. The molecule has 0 aliphatic carbocycles. The van der Waals surface area contributed by atoms with Crippen LogP contribution in [0.4, 0.5) is 0 Å². The molecular formula is C26H28N4O3S. The number of hydrogen-bond donors (Lipinski definition) is 0. The lowest BCUT2D eigenvalue weighted by Gasteiger charge is -2.30. The second-order valence-corrected chi connectivity index (χ2v) is 9.61. The highest BCUT2D eigenvalue weighted by Gasteiger charge is 2.22. The third-order valence-electron chi connectivity index (χ3n) is 5.99. The van der Waals surface area contributed by atoms with Gasteiger partial charge in [0.15, 0.2) is 0 Å². The number of nitriles is 1. The van der Waals surface area contributed by atoms with Crippen LogP contribution in [0.3, 0.4) is 0 Å². The van der Waals surface area contributed by atoms with Gasteiger partial charge in [0, 0.05) is 30.8 Å². The molecule has 0 atom stereocenters. The zero-order valence-corrected chi connectivity index (χ0v) is 20.7. The Morgan fingerprint density at radius 1 is 1.24 bits per heavy atom. The molecule has 34 heavy (non-hydrogen) atoms. The molecule has 0 bridgehead atoms. The van der Waals surface area contributed by atoms with E-state index in [4.69, 9.17) is 9.47 Å². The first-order valence-electron chi connectivity index (χ1n) is 11.3. The van der Waals surface area contributed by atoms with E-state index in [0.29, 0.717) is 24.3 Å². The normalized spacial score (nSPS) is 13.4. The number of methoxy groups -OCH3 is 1. The second-order valence-electron chi connectivity index (χ2n) is 8.63. The largest absolute Gasteiger partial charge is 0.490 e. The molecule has 7 nitrogen and oxygen atoms in total. The van der Waals surface area contributed by atoms with E-state index in [-0.39, 0.29) is 12.1 Å². The molecule has 3 aromatic rings. The zero-order valence-electron chi connectivity index (χ0n) is 19.9. The number of carbonyl (C=O) groups excluding carboxylic acids is 1. The van der Waals surface area contributed by atoms with Gasteiger partial charge in [-0.25, -0.2) is 0 Å². The van der Waals surface area contributed by atoms with Gasteiger partial charge in [0.2, 0.25) is 0 Å². The van der Waals surface area contributed by atoms with Crippen LogP contribution in [-0.2, 0) is 22.5 Å². The van der Waals surface area contributed by atoms with Crippen LogP contribution in [0.1, 0.15) is 42.5 Å². The predicted octanol–water partition coefficient (Wildman–Crippen LogP) is 4.76. The quantitative estimate of drug-likeness (QED) is 0.454. The van der Waals surface area contributed by atoms with Crippen molar-refractivity contribution in [2.75, 3.05) is 20.2 Å². The van der Waals surface area contributed by atoms with Crippen molar-refractivity contribution in [3.05, 3.63) is 52.6 Å². The molecule has 4 rings (SSSR count). The van der Waals surface area contributed by atoms with Crippen molar-refractivity contribution in [1.29, 1.82) is 5.26 Å². The maximum Gasteiger partial charge on any atom is 0.306 e. The van der Waals surface area contributed by atoms with Gasteiger partial charge in [-0.1, -0.05) is 23.5 Å². The third-order valence-corrected chi connectivity index (χ3v) is 7.00. The maximum atomic E-state index is 11.5. The fraction of sp³-hybridized carbons (Fsp3) is 0.385. The third kappa shape index (κ3) is 5.11. The number of rotatable bonds is 7. The Labute approximate surface area is 204 Å². The summed E-state index contributed by atoms with van der Waals surface area (Å²) in [6, 6.07) is 12.0. The van der Waals surface area contributed by atoms with Crippen molar-refractivity contribution in [2.45, 2.75) is 46.3 Å². The minimum absolute atomic E-state index is 0.00186. The standard InChI is InChI=1S/C26H28N4O3S/c1-16(2)33-23-8-6-18(13-20(23)14-27)25-28-29-26(34-25)22-7-5-19-15-30(12-10-24(31)32-4)11-9-21(19)17(22)3/h5-8,13,16H,9-12,15H2,1-4H3. The molecule has 0 spiro atoms. The molecule has 0 unspecified atom stereocenters. The van der Waals surface area contributed by atoms with Gasteiger partial charge >= 0.3 is 5.97 Å². The Balaban J connectivity index is 1.55. The number of carbonyl (C=O) groups is 1. The highest BCUT2D eigenvalue weighted by molar-refractivity contribution is 7.17. The highest BCUT2D eigenvalue weighted by Crippen LogP contribution is 2.36. The van der Waals surface area contributed by atoms with Gasteiger partial charge < -0.3 is 9.47 Å². The molecule has 8 heteroatoms. The average molecular weight is 477 g/mol. The molecule has 1 aliphatic rings. The Hall–Kier alpha value is -3.28. The lowest BCUT2D eigenvalue weighted by atomic mass is 9.92. The summed E-state index contributed by atoms with van der Waals surface area (Å²) < 4.78 is 10.5. The summed E-state index contributed by atoms with van der Waals surface area (Å²) in [4.78, 5) is 13.8. The number of aromatic nitrogens is 2. The van der Waals surface area contributed by atoms with E-state index >= 15 is 0 Å². The van der Waals surface area contributed by atoms with Crippen LogP contribution in [0.15, 0.2) is 30.3 Å². The summed E-state index contributed by atoms with van der Waals surface area (Å²) in [6.45, 7) is 8.47. The average Bonchev–Trinajstić information content (AvgIpc) is 3.32. The van der Waals surface area contributed by atoms with Gasteiger partial charge in [0.05, 0.1) is 25.2 Å². The first-order valence-corrected chi connectivity index (χ1v) is 12.2. The molecule has 176 valence electrons. The van der Waals surface area contributed by atoms with Gasteiger partial charge in [0.25, 0.3) is 0 Å². The van der Waals surface area contributed by atoms with Crippen molar-refractivity contribution in [3.8, 4) is 33.0 Å². The van der Waals surface area contributed by atoms with Gasteiger partial charge in [-0.15, -0.1) is 10.2 Å². The van der Waals surface area contributed by atoms with Crippen molar-refractivity contribution < 1.29 is 14.3 Å². The van der Waals surface area contributed by atoms with Gasteiger partial charge in [-0.2, -0.15) is 5.26 Å². The molecule has 1 aromatic heterocycles. The summed E-state index contributed by atoms with van der Waals surface area (Å²) in [6.07, 6.45) is 1.34. The van der Waals surface area contributed by atoms with E-state index in [0.717, 1.165) is 40.7 Å². The van der Waals surface area contributed by atoms with Crippen molar-refractivity contribution in [3.63, 3.8) is 0 Å². The fourth-order valence-corrected chi connectivity index (χ4v) is 5.15. The highest BCUT2D eigenvalue weighted by atomic mass is 32.1. The van der Waals surface area contributed by atoms with Crippen LogP contribution >= 0.6 is 11.3 Å². The van der Waals surface area contributed by atoms with Crippen LogP contribution in [0.25, 0.3) is 21.1 Å².